The van der Waals surface area contributed by atoms with Gasteiger partial charge in [-0.15, -0.1) is 0 Å². The highest BCUT2D eigenvalue weighted by Gasteiger charge is 2.48. The lowest BCUT2D eigenvalue weighted by Crippen LogP contribution is -2.28. The summed E-state index contributed by atoms with van der Waals surface area (Å²) in [7, 11) is -5.74. The van der Waals surface area contributed by atoms with Crippen molar-refractivity contribution in [3.05, 3.63) is 40.9 Å². The van der Waals surface area contributed by atoms with E-state index in [-0.39, 0.29) is 10.1 Å². The molecule has 0 N–H and O–H groups in total. The van der Waals surface area contributed by atoms with E-state index in [1.807, 2.05) is 0 Å². The first kappa shape index (κ1) is 15.2. The van der Waals surface area contributed by atoms with Gasteiger partial charge in [-0.25, -0.2) is 0 Å². The van der Waals surface area contributed by atoms with Crippen molar-refractivity contribution in [2.75, 3.05) is 0 Å². The molecule has 1 heterocycles. The largest absolute Gasteiger partial charge is 0.534 e. The molecule has 0 fully saturated rings. The van der Waals surface area contributed by atoms with Gasteiger partial charge in [-0.2, -0.15) is 21.6 Å². The maximum atomic E-state index is 12.4. The van der Waals surface area contributed by atoms with Crippen LogP contribution in [-0.4, -0.2) is 13.9 Å². The van der Waals surface area contributed by atoms with Crippen LogP contribution in [0.2, 0.25) is 0 Å². The number of rotatable bonds is 2. The third-order valence-electron chi connectivity index (χ3n) is 2.91. The summed E-state index contributed by atoms with van der Waals surface area (Å²) in [4.78, 5) is 0. The van der Waals surface area contributed by atoms with Crippen LogP contribution in [0, 0.1) is 0 Å². The second-order valence-electron chi connectivity index (χ2n) is 4.36. The van der Waals surface area contributed by atoms with E-state index in [1.165, 1.54) is 6.07 Å². The predicted octanol–water partition coefficient (Wildman–Crippen LogP) is 4.58. The maximum absolute atomic E-state index is 12.4. The van der Waals surface area contributed by atoms with Gasteiger partial charge in [0.2, 0.25) is 0 Å². The Labute approximate surface area is 130 Å². The lowest BCUT2D eigenvalue weighted by Gasteiger charge is -2.10. The predicted molar refractivity (Wildman–Crippen MR) is 77.0 cm³/mol. The van der Waals surface area contributed by atoms with Crippen molar-refractivity contribution in [2.45, 2.75) is 5.51 Å². The zero-order chi connectivity index (χ0) is 16.1. The summed E-state index contributed by atoms with van der Waals surface area (Å²) in [6, 6.07) is 9.54. The first-order chi connectivity index (χ1) is 10.2. The van der Waals surface area contributed by atoms with Crippen LogP contribution >= 0.6 is 15.9 Å². The van der Waals surface area contributed by atoms with E-state index < -0.39 is 21.4 Å². The van der Waals surface area contributed by atoms with Crippen molar-refractivity contribution in [1.29, 1.82) is 0 Å². The Morgan fingerprint density at radius 2 is 1.73 bits per heavy atom. The standard InChI is InChI=1S/C13H6BrF3O4S/c14-9-5-8-7-3-1-2-4-10(7)20-11(8)6-12(9)21-22(18,19)13(15,16)17/h1-6H. The normalized spacial score (nSPS) is 12.9. The Balaban J connectivity index is 2.16. The molecule has 22 heavy (non-hydrogen) atoms. The quantitative estimate of drug-likeness (QED) is 0.471. The molecule has 0 unspecified atom stereocenters. The number of hydrogen-bond donors (Lipinski definition) is 0. The maximum Gasteiger partial charge on any atom is 0.534 e. The molecule has 0 radical (unpaired) electrons. The SMILES string of the molecule is O=S(=O)(Oc1cc2oc3ccccc3c2cc1Br)C(F)(F)F. The van der Waals surface area contributed by atoms with E-state index in [4.69, 9.17) is 4.42 Å². The average Bonchev–Trinajstić information content (AvgIpc) is 2.75. The summed E-state index contributed by atoms with van der Waals surface area (Å²) in [6.45, 7) is 0. The van der Waals surface area contributed by atoms with Crippen LogP contribution in [0.4, 0.5) is 13.2 Å². The molecule has 0 bridgehead atoms. The van der Waals surface area contributed by atoms with E-state index in [9.17, 15) is 21.6 Å². The smallest absolute Gasteiger partial charge is 0.456 e. The fourth-order valence-electron chi connectivity index (χ4n) is 1.96. The average molecular weight is 395 g/mol. The van der Waals surface area contributed by atoms with E-state index in [1.54, 1.807) is 24.3 Å². The van der Waals surface area contributed by atoms with Crippen molar-refractivity contribution in [3.8, 4) is 5.75 Å². The molecular weight excluding hydrogens is 389 g/mol. The van der Waals surface area contributed by atoms with Crippen molar-refractivity contribution >= 4 is 48.0 Å². The minimum atomic E-state index is -5.74. The van der Waals surface area contributed by atoms with Gasteiger partial charge in [0.25, 0.3) is 0 Å². The van der Waals surface area contributed by atoms with E-state index in [0.717, 1.165) is 11.5 Å². The van der Waals surface area contributed by atoms with Crippen LogP contribution < -0.4 is 4.18 Å². The van der Waals surface area contributed by atoms with Gasteiger partial charge in [-0.05, 0) is 28.1 Å². The van der Waals surface area contributed by atoms with Gasteiger partial charge in [0, 0.05) is 16.8 Å². The highest BCUT2D eigenvalue weighted by Crippen LogP contribution is 2.38. The molecule has 0 saturated heterocycles. The zero-order valence-corrected chi connectivity index (χ0v) is 12.9. The second-order valence-corrected chi connectivity index (χ2v) is 6.75. The van der Waals surface area contributed by atoms with E-state index in [2.05, 4.69) is 20.1 Å². The van der Waals surface area contributed by atoms with E-state index in [0.29, 0.717) is 11.0 Å². The summed E-state index contributed by atoms with van der Waals surface area (Å²) in [5.74, 6) is -0.496. The molecule has 0 saturated carbocycles. The summed E-state index contributed by atoms with van der Waals surface area (Å²) in [6.07, 6.45) is 0. The Bertz CT molecular complexity index is 976. The van der Waals surface area contributed by atoms with Crippen molar-refractivity contribution in [2.24, 2.45) is 0 Å². The number of fused-ring (bicyclic) bond motifs is 3. The van der Waals surface area contributed by atoms with Crippen molar-refractivity contribution < 1.29 is 30.2 Å². The number of benzene rings is 2. The van der Waals surface area contributed by atoms with Crippen LogP contribution in [0.3, 0.4) is 0 Å². The molecule has 0 aliphatic carbocycles. The Morgan fingerprint density at radius 3 is 2.41 bits per heavy atom. The summed E-state index contributed by atoms with van der Waals surface area (Å²) >= 11 is 3.01. The molecule has 3 aromatic rings. The Morgan fingerprint density at radius 1 is 1.05 bits per heavy atom. The molecule has 0 aliphatic rings. The molecule has 9 heteroatoms. The molecule has 0 aliphatic heterocycles. The Kier molecular flexibility index (Phi) is 3.37. The summed E-state index contributed by atoms with van der Waals surface area (Å²) in [5, 5.41) is 1.38. The third kappa shape index (κ3) is 2.44. The summed E-state index contributed by atoms with van der Waals surface area (Å²) in [5.41, 5.74) is -4.76. The van der Waals surface area contributed by atoms with Crippen LogP contribution in [0.25, 0.3) is 21.9 Å². The lowest BCUT2D eigenvalue weighted by molar-refractivity contribution is -0.0500. The molecular formula is C13H6BrF3O4S. The van der Waals surface area contributed by atoms with Crippen molar-refractivity contribution in [1.82, 2.24) is 0 Å². The molecule has 2 aromatic carbocycles. The number of halogens is 4. The van der Waals surface area contributed by atoms with E-state index >= 15 is 0 Å². The highest BCUT2D eigenvalue weighted by atomic mass is 79.9. The first-order valence-corrected chi connectivity index (χ1v) is 8.01. The minimum Gasteiger partial charge on any atom is -0.456 e. The first-order valence-electron chi connectivity index (χ1n) is 5.80. The van der Waals surface area contributed by atoms with Gasteiger partial charge in [-0.1, -0.05) is 18.2 Å². The molecule has 0 spiro atoms. The van der Waals surface area contributed by atoms with Crippen LogP contribution in [-0.2, 0) is 10.1 Å². The van der Waals surface area contributed by atoms with Crippen LogP contribution in [0.15, 0.2) is 45.3 Å². The molecule has 4 nitrogen and oxygen atoms in total. The fourth-order valence-corrected chi connectivity index (χ4v) is 2.96. The van der Waals surface area contributed by atoms with Gasteiger partial charge >= 0.3 is 15.6 Å². The molecule has 0 amide bonds. The third-order valence-corrected chi connectivity index (χ3v) is 4.50. The minimum absolute atomic E-state index is 0.0689. The lowest BCUT2D eigenvalue weighted by atomic mass is 10.1. The van der Waals surface area contributed by atoms with Gasteiger partial charge in [0.05, 0.1) is 4.47 Å². The summed E-state index contributed by atoms with van der Waals surface area (Å²) < 4.78 is 69.0. The number of alkyl halides is 3. The van der Waals surface area contributed by atoms with Gasteiger partial charge in [-0.3, -0.25) is 0 Å². The van der Waals surface area contributed by atoms with Gasteiger partial charge < -0.3 is 8.60 Å². The molecule has 1 aromatic heterocycles. The molecule has 3 rings (SSSR count). The highest BCUT2D eigenvalue weighted by molar-refractivity contribution is 9.10. The molecule has 116 valence electrons. The number of furan rings is 1. The zero-order valence-electron chi connectivity index (χ0n) is 10.5. The van der Waals surface area contributed by atoms with Crippen LogP contribution in [0.5, 0.6) is 5.75 Å². The molecule has 0 atom stereocenters. The number of para-hydroxylation sites is 1. The monoisotopic (exact) mass is 394 g/mol. The van der Waals surface area contributed by atoms with Gasteiger partial charge in [0.1, 0.15) is 11.2 Å². The number of hydrogen-bond acceptors (Lipinski definition) is 4. The Hall–Kier alpha value is -1.74. The van der Waals surface area contributed by atoms with Gasteiger partial charge in [0.15, 0.2) is 5.75 Å². The topological polar surface area (TPSA) is 56.5 Å². The second kappa shape index (κ2) is 4.88. The van der Waals surface area contributed by atoms with Crippen molar-refractivity contribution in [3.63, 3.8) is 0 Å². The fraction of sp³-hybridized carbons (Fsp3) is 0.0769. The van der Waals surface area contributed by atoms with Crippen LogP contribution in [0.1, 0.15) is 0 Å².